The molecule has 2 aromatic heterocycles. The molecule has 0 saturated carbocycles. The van der Waals surface area contributed by atoms with Gasteiger partial charge in [-0.25, -0.2) is 0 Å². The standard InChI is InChI=1S/C7H7N3S/c1-2-6-5-3-9-11-7(5)4-8-10-6/h3-4H,2H2,1H3. The molecule has 11 heavy (non-hydrogen) atoms. The van der Waals surface area contributed by atoms with E-state index in [0.717, 1.165) is 22.2 Å². The highest BCUT2D eigenvalue weighted by molar-refractivity contribution is 7.13. The van der Waals surface area contributed by atoms with Gasteiger partial charge < -0.3 is 0 Å². The molecule has 0 amide bonds. The van der Waals surface area contributed by atoms with E-state index in [0.29, 0.717) is 0 Å². The first-order valence-corrected chi connectivity index (χ1v) is 4.24. The van der Waals surface area contributed by atoms with Gasteiger partial charge in [0.2, 0.25) is 0 Å². The van der Waals surface area contributed by atoms with Gasteiger partial charge in [-0.15, -0.1) is 0 Å². The maximum Gasteiger partial charge on any atom is 0.0770 e. The van der Waals surface area contributed by atoms with Gasteiger partial charge in [0.1, 0.15) is 0 Å². The Morgan fingerprint density at radius 1 is 1.45 bits per heavy atom. The average Bonchev–Trinajstić information content (AvgIpc) is 2.50. The molecule has 0 unspecified atom stereocenters. The van der Waals surface area contributed by atoms with Crippen LogP contribution >= 0.6 is 11.5 Å². The Bertz CT molecular complexity index is 368. The molecule has 0 N–H and O–H groups in total. The van der Waals surface area contributed by atoms with Crippen molar-refractivity contribution in [1.29, 1.82) is 0 Å². The van der Waals surface area contributed by atoms with Crippen molar-refractivity contribution in [3.8, 4) is 0 Å². The fourth-order valence-electron chi connectivity index (χ4n) is 1.02. The van der Waals surface area contributed by atoms with Gasteiger partial charge in [0.05, 0.1) is 22.8 Å². The molecule has 3 nitrogen and oxygen atoms in total. The molecule has 0 bridgehead atoms. The normalized spacial score (nSPS) is 10.6. The molecular weight excluding hydrogens is 158 g/mol. The Hall–Kier alpha value is -1.03. The zero-order valence-corrected chi connectivity index (χ0v) is 6.93. The Balaban J connectivity index is 2.79. The van der Waals surface area contributed by atoms with Gasteiger partial charge in [-0.05, 0) is 18.0 Å². The summed E-state index contributed by atoms with van der Waals surface area (Å²) in [6, 6.07) is 0. The van der Waals surface area contributed by atoms with E-state index >= 15 is 0 Å². The van der Waals surface area contributed by atoms with Gasteiger partial charge in [0, 0.05) is 5.39 Å². The van der Waals surface area contributed by atoms with E-state index in [4.69, 9.17) is 0 Å². The second kappa shape index (κ2) is 2.54. The minimum Gasteiger partial charge on any atom is -0.200 e. The number of hydrogen-bond donors (Lipinski definition) is 0. The topological polar surface area (TPSA) is 38.7 Å². The number of hydrogen-bond acceptors (Lipinski definition) is 4. The molecule has 0 fully saturated rings. The van der Waals surface area contributed by atoms with Crippen molar-refractivity contribution in [1.82, 2.24) is 14.6 Å². The fraction of sp³-hybridized carbons (Fsp3) is 0.286. The Morgan fingerprint density at radius 2 is 2.36 bits per heavy atom. The van der Waals surface area contributed by atoms with E-state index < -0.39 is 0 Å². The summed E-state index contributed by atoms with van der Waals surface area (Å²) in [5, 5.41) is 9.04. The van der Waals surface area contributed by atoms with E-state index in [2.05, 4.69) is 21.5 Å². The van der Waals surface area contributed by atoms with Crippen molar-refractivity contribution < 1.29 is 0 Å². The molecule has 0 aliphatic heterocycles. The van der Waals surface area contributed by atoms with Crippen LogP contribution in [0, 0.1) is 0 Å². The quantitative estimate of drug-likeness (QED) is 0.645. The number of nitrogens with zero attached hydrogens (tertiary/aromatic N) is 3. The van der Waals surface area contributed by atoms with Crippen LogP contribution in [0.4, 0.5) is 0 Å². The van der Waals surface area contributed by atoms with Gasteiger partial charge in [0.15, 0.2) is 0 Å². The van der Waals surface area contributed by atoms with Crippen molar-refractivity contribution in [3.05, 3.63) is 18.1 Å². The average molecular weight is 165 g/mol. The second-order valence-corrected chi connectivity index (χ2v) is 3.08. The van der Waals surface area contributed by atoms with Crippen molar-refractivity contribution >= 4 is 21.6 Å². The van der Waals surface area contributed by atoms with Crippen LogP contribution in [-0.2, 0) is 6.42 Å². The first-order valence-electron chi connectivity index (χ1n) is 3.46. The van der Waals surface area contributed by atoms with Crippen LogP contribution in [-0.4, -0.2) is 14.6 Å². The van der Waals surface area contributed by atoms with Crippen LogP contribution in [0.2, 0.25) is 0 Å². The number of fused-ring (bicyclic) bond motifs is 1. The van der Waals surface area contributed by atoms with E-state index in [9.17, 15) is 0 Å². The summed E-state index contributed by atoms with van der Waals surface area (Å²) < 4.78 is 5.19. The summed E-state index contributed by atoms with van der Waals surface area (Å²) in [5.74, 6) is 0. The van der Waals surface area contributed by atoms with Crippen LogP contribution in [0.1, 0.15) is 12.6 Å². The molecule has 56 valence electrons. The third-order valence-corrected chi connectivity index (χ3v) is 2.33. The Kier molecular flexibility index (Phi) is 1.54. The monoisotopic (exact) mass is 165 g/mol. The highest BCUT2D eigenvalue weighted by Crippen LogP contribution is 2.18. The zero-order valence-electron chi connectivity index (χ0n) is 6.11. The number of aryl methyl sites for hydroxylation is 1. The summed E-state index contributed by atoms with van der Waals surface area (Å²) in [5.41, 5.74) is 1.04. The van der Waals surface area contributed by atoms with Gasteiger partial charge in [0.25, 0.3) is 0 Å². The molecule has 4 heteroatoms. The first kappa shape index (κ1) is 6.67. The summed E-state index contributed by atoms with van der Waals surface area (Å²) in [6.07, 6.45) is 4.53. The molecule has 0 spiro atoms. The summed E-state index contributed by atoms with van der Waals surface area (Å²) in [7, 11) is 0. The molecule has 0 radical (unpaired) electrons. The Labute approximate surface area is 68.3 Å². The molecular formula is C7H7N3S. The van der Waals surface area contributed by atoms with Gasteiger partial charge in [-0.2, -0.15) is 14.6 Å². The minimum absolute atomic E-state index is 0.919. The lowest BCUT2D eigenvalue weighted by atomic mass is 10.2. The van der Waals surface area contributed by atoms with Crippen LogP contribution in [0.3, 0.4) is 0 Å². The predicted molar refractivity (Wildman–Crippen MR) is 44.6 cm³/mol. The zero-order chi connectivity index (χ0) is 7.68. The minimum atomic E-state index is 0.919. The molecule has 2 rings (SSSR count). The molecule has 0 aliphatic rings. The summed E-state index contributed by atoms with van der Waals surface area (Å²) in [6.45, 7) is 2.07. The highest BCUT2D eigenvalue weighted by atomic mass is 32.1. The van der Waals surface area contributed by atoms with Crippen LogP contribution in [0.15, 0.2) is 12.4 Å². The van der Waals surface area contributed by atoms with Crippen molar-refractivity contribution in [3.63, 3.8) is 0 Å². The number of aromatic nitrogens is 3. The van der Waals surface area contributed by atoms with Crippen molar-refractivity contribution in [2.45, 2.75) is 13.3 Å². The smallest absolute Gasteiger partial charge is 0.0770 e. The van der Waals surface area contributed by atoms with Crippen LogP contribution in [0.5, 0.6) is 0 Å². The molecule has 0 saturated heterocycles. The molecule has 0 aromatic carbocycles. The third-order valence-electron chi connectivity index (χ3n) is 1.60. The lowest BCUT2D eigenvalue weighted by molar-refractivity contribution is 0.941. The highest BCUT2D eigenvalue weighted by Gasteiger charge is 2.01. The van der Waals surface area contributed by atoms with Gasteiger partial charge in [-0.3, -0.25) is 0 Å². The SMILES string of the molecule is CCc1nncc2sncc12. The Morgan fingerprint density at radius 3 is 3.18 bits per heavy atom. The van der Waals surface area contributed by atoms with Crippen LogP contribution < -0.4 is 0 Å². The lowest BCUT2D eigenvalue weighted by Gasteiger charge is -1.92. The summed E-state index contributed by atoms with van der Waals surface area (Å²) >= 11 is 1.46. The second-order valence-electron chi connectivity index (χ2n) is 2.25. The predicted octanol–water partition coefficient (Wildman–Crippen LogP) is 1.65. The van der Waals surface area contributed by atoms with E-state index in [1.165, 1.54) is 11.5 Å². The molecule has 0 aliphatic carbocycles. The van der Waals surface area contributed by atoms with Gasteiger partial charge in [-0.1, -0.05) is 6.92 Å². The molecule has 2 aromatic rings. The van der Waals surface area contributed by atoms with E-state index in [1.807, 2.05) is 6.20 Å². The molecule has 0 atom stereocenters. The molecule has 2 heterocycles. The van der Waals surface area contributed by atoms with Crippen molar-refractivity contribution in [2.75, 3.05) is 0 Å². The lowest BCUT2D eigenvalue weighted by Crippen LogP contribution is -1.88. The largest absolute Gasteiger partial charge is 0.200 e. The number of rotatable bonds is 1. The van der Waals surface area contributed by atoms with Crippen molar-refractivity contribution in [2.24, 2.45) is 0 Å². The van der Waals surface area contributed by atoms with E-state index in [-0.39, 0.29) is 0 Å². The first-order chi connectivity index (χ1) is 5.42. The third kappa shape index (κ3) is 0.991. The maximum atomic E-state index is 4.07. The van der Waals surface area contributed by atoms with E-state index in [1.54, 1.807) is 6.20 Å². The van der Waals surface area contributed by atoms with Gasteiger partial charge >= 0.3 is 0 Å². The maximum absolute atomic E-state index is 4.07. The fourth-order valence-corrected chi connectivity index (χ4v) is 1.66. The van der Waals surface area contributed by atoms with Crippen LogP contribution in [0.25, 0.3) is 10.1 Å². The summed E-state index contributed by atoms with van der Waals surface area (Å²) in [4.78, 5) is 0.